The van der Waals surface area contributed by atoms with Crippen molar-refractivity contribution < 1.29 is 23.9 Å². The van der Waals surface area contributed by atoms with Crippen LogP contribution in [0.15, 0.2) is 30.3 Å². The molecule has 0 fully saturated rings. The van der Waals surface area contributed by atoms with Crippen LogP contribution >= 0.6 is 13.3 Å². The second kappa shape index (κ2) is 7.78. The molecule has 4 heteroatoms. The van der Waals surface area contributed by atoms with Crippen LogP contribution in [0.5, 0.6) is 0 Å². The Labute approximate surface area is 75.9 Å². The minimum atomic E-state index is -2.40. The molecular formula is C7H5BrO2W-. The molecule has 1 aromatic rings. The van der Waals surface area contributed by atoms with Gasteiger partial charge in [-0.25, -0.2) is 12.1 Å². The molecule has 0 amide bonds. The third-order valence-corrected chi connectivity index (χ3v) is 3.92. The van der Waals surface area contributed by atoms with Crippen LogP contribution in [-0.2, 0) is 23.9 Å². The molecule has 1 aromatic carbocycles. The largest absolute Gasteiger partial charge is 0.214 e. The molecule has 0 aliphatic heterocycles. The van der Waals surface area contributed by atoms with E-state index >= 15 is 0 Å². The topological polar surface area (TPSA) is 34.1 Å². The SMILES string of the molecule is O=[C]=[W]([Br])=[C]=O.c1cc[cH-]c1. The maximum atomic E-state index is 9.39. The fourth-order valence-electron chi connectivity index (χ4n) is 0.338. The van der Waals surface area contributed by atoms with E-state index in [1.807, 2.05) is 30.3 Å². The Balaban J connectivity index is 0.000000183. The van der Waals surface area contributed by atoms with Crippen molar-refractivity contribution in [1.82, 2.24) is 0 Å². The molecule has 0 bridgehead atoms. The first-order chi connectivity index (χ1) is 5.31. The van der Waals surface area contributed by atoms with Crippen molar-refractivity contribution in [2.75, 3.05) is 0 Å². The van der Waals surface area contributed by atoms with Crippen LogP contribution in [0.2, 0.25) is 0 Å². The average molecular weight is 385 g/mol. The van der Waals surface area contributed by atoms with E-state index in [4.69, 9.17) is 0 Å². The Morgan fingerprint density at radius 1 is 1.18 bits per heavy atom. The monoisotopic (exact) mass is 384 g/mol. The fourth-order valence-corrected chi connectivity index (χ4v) is 0.460. The zero-order valence-corrected chi connectivity index (χ0v) is 10.0. The van der Waals surface area contributed by atoms with Gasteiger partial charge in [0.1, 0.15) is 0 Å². The van der Waals surface area contributed by atoms with Gasteiger partial charge in [0.15, 0.2) is 0 Å². The summed E-state index contributed by atoms with van der Waals surface area (Å²) >= 11 is 0.426. The van der Waals surface area contributed by atoms with Crippen LogP contribution in [0.25, 0.3) is 0 Å². The molecule has 59 valence electrons. The molecule has 0 atom stereocenters. The number of rotatable bonds is 0. The van der Waals surface area contributed by atoms with Gasteiger partial charge >= 0.3 is 45.8 Å². The molecule has 0 aliphatic rings. The molecular weight excluding hydrogens is 380 g/mol. The van der Waals surface area contributed by atoms with Gasteiger partial charge in [-0.05, 0) is 0 Å². The Morgan fingerprint density at radius 3 is 1.73 bits per heavy atom. The Kier molecular flexibility index (Phi) is 7.55. The first-order valence-electron chi connectivity index (χ1n) is 2.64. The van der Waals surface area contributed by atoms with E-state index in [1.165, 1.54) is 0 Å². The zero-order valence-electron chi connectivity index (χ0n) is 5.49. The van der Waals surface area contributed by atoms with Crippen molar-refractivity contribution in [1.29, 1.82) is 0 Å². The van der Waals surface area contributed by atoms with E-state index in [0.717, 1.165) is 0 Å². The molecule has 0 unspecified atom stereocenters. The molecule has 11 heavy (non-hydrogen) atoms. The molecule has 0 saturated heterocycles. The van der Waals surface area contributed by atoms with Crippen LogP contribution in [-0.4, -0.2) is 8.53 Å². The number of carbonyl (C=O) groups excluding carboxylic acids is 2. The normalized spacial score (nSPS) is 6.64. The number of hydrogen-bond donors (Lipinski definition) is 0. The molecule has 0 N–H and O–H groups in total. The van der Waals surface area contributed by atoms with Crippen molar-refractivity contribution in [3.8, 4) is 0 Å². The molecule has 0 aromatic heterocycles. The van der Waals surface area contributed by atoms with Crippen molar-refractivity contribution in [3.63, 3.8) is 0 Å². The molecule has 0 saturated carbocycles. The molecule has 2 nitrogen and oxygen atoms in total. The summed E-state index contributed by atoms with van der Waals surface area (Å²) in [6.45, 7) is 0. The van der Waals surface area contributed by atoms with Crippen LogP contribution < -0.4 is 0 Å². The minimum Gasteiger partial charge on any atom is -0.214 e. The maximum Gasteiger partial charge on any atom is -0.172 e. The van der Waals surface area contributed by atoms with Gasteiger partial charge in [0, 0.05) is 0 Å². The van der Waals surface area contributed by atoms with Gasteiger partial charge in [0.25, 0.3) is 0 Å². The van der Waals surface area contributed by atoms with Crippen LogP contribution in [0.4, 0.5) is 0 Å². The first-order valence-corrected chi connectivity index (χ1v) is 12.0. The summed E-state index contributed by atoms with van der Waals surface area (Å²) in [4.78, 5) is 18.8. The van der Waals surface area contributed by atoms with E-state index in [0.29, 0.717) is 0 Å². The van der Waals surface area contributed by atoms with Crippen molar-refractivity contribution in [2.24, 2.45) is 0 Å². The van der Waals surface area contributed by atoms with E-state index in [1.54, 1.807) is 8.53 Å². The number of halogens is 1. The third kappa shape index (κ3) is 7.58. The van der Waals surface area contributed by atoms with Gasteiger partial charge in [-0.1, -0.05) is 0 Å². The summed E-state index contributed by atoms with van der Waals surface area (Å²) in [7, 11) is 0. The zero-order chi connectivity index (χ0) is 8.53. The third-order valence-electron chi connectivity index (χ3n) is 0.702. The second-order valence-electron chi connectivity index (χ2n) is 1.39. The van der Waals surface area contributed by atoms with E-state index in [2.05, 4.69) is 13.3 Å². The van der Waals surface area contributed by atoms with E-state index < -0.39 is 14.3 Å². The fraction of sp³-hybridized carbons (Fsp3) is 0. The van der Waals surface area contributed by atoms with Crippen molar-refractivity contribution in [3.05, 3.63) is 30.3 Å². The van der Waals surface area contributed by atoms with Crippen molar-refractivity contribution >= 4 is 21.8 Å². The van der Waals surface area contributed by atoms with Crippen LogP contribution in [0, 0.1) is 0 Å². The number of hydrogen-bond acceptors (Lipinski definition) is 2. The summed E-state index contributed by atoms with van der Waals surface area (Å²) in [6, 6.07) is 10.0. The predicted molar refractivity (Wildman–Crippen MR) is 42.3 cm³/mol. The van der Waals surface area contributed by atoms with Crippen LogP contribution in [0.1, 0.15) is 0 Å². The van der Waals surface area contributed by atoms with Crippen LogP contribution in [0.3, 0.4) is 0 Å². The Hall–Kier alpha value is -0.322. The predicted octanol–water partition coefficient (Wildman–Crippen LogP) is 1.45. The summed E-state index contributed by atoms with van der Waals surface area (Å²) in [5, 5.41) is 0. The molecule has 0 radical (unpaired) electrons. The molecule has 0 heterocycles. The smallest absolute Gasteiger partial charge is 0.172 e. The molecule has 1 rings (SSSR count). The van der Waals surface area contributed by atoms with Gasteiger partial charge in [0.05, 0.1) is 0 Å². The minimum absolute atomic E-state index is 1.55. The van der Waals surface area contributed by atoms with Gasteiger partial charge in [-0.15, -0.1) is 0 Å². The summed E-state index contributed by atoms with van der Waals surface area (Å²) < 4.78 is 3.10. The summed E-state index contributed by atoms with van der Waals surface area (Å²) in [5.41, 5.74) is 0. The standard InChI is InChI=1S/C5H5.2CO.BrH.W/c1-2-4-5-3-1;2*1-2;;/h1-5H;;;1H;/q-1;;;;+1/p-1. The van der Waals surface area contributed by atoms with Gasteiger partial charge in [-0.3, -0.25) is 0 Å². The quantitative estimate of drug-likeness (QED) is 0.635. The first kappa shape index (κ1) is 10.7. The Morgan fingerprint density at radius 2 is 1.64 bits per heavy atom. The van der Waals surface area contributed by atoms with Crippen molar-refractivity contribution in [2.45, 2.75) is 0 Å². The van der Waals surface area contributed by atoms with Gasteiger partial charge in [0.2, 0.25) is 0 Å². The molecule has 0 spiro atoms. The average Bonchev–Trinajstić information content (AvgIpc) is 2.60. The van der Waals surface area contributed by atoms with E-state index in [-0.39, 0.29) is 0 Å². The second-order valence-corrected chi connectivity index (χ2v) is 9.72. The van der Waals surface area contributed by atoms with E-state index in [9.17, 15) is 9.59 Å². The maximum absolute atomic E-state index is 9.39. The van der Waals surface area contributed by atoms with Gasteiger partial charge in [-0.2, -0.15) is 18.2 Å². The van der Waals surface area contributed by atoms with Gasteiger partial charge < -0.3 is 0 Å². The Bertz CT molecular complexity index is 266. The summed E-state index contributed by atoms with van der Waals surface area (Å²) in [6.07, 6.45) is 0. The summed E-state index contributed by atoms with van der Waals surface area (Å²) in [5.74, 6) is 0. The molecule has 0 aliphatic carbocycles.